The van der Waals surface area contributed by atoms with Gasteiger partial charge in [-0.15, -0.1) is 11.3 Å². The Labute approximate surface area is 117 Å². The third-order valence-electron chi connectivity index (χ3n) is 3.66. The first-order valence-corrected chi connectivity index (χ1v) is 7.34. The van der Waals surface area contributed by atoms with E-state index in [1.54, 1.807) is 18.0 Å². The van der Waals surface area contributed by atoms with Gasteiger partial charge in [0.2, 0.25) is 11.8 Å². The highest BCUT2D eigenvalue weighted by molar-refractivity contribution is 7.09. The molecule has 5 nitrogen and oxygen atoms in total. The summed E-state index contributed by atoms with van der Waals surface area (Å²) in [4.78, 5) is 30.5. The van der Waals surface area contributed by atoms with Crippen molar-refractivity contribution in [3.05, 3.63) is 16.6 Å². The van der Waals surface area contributed by atoms with Gasteiger partial charge in [0.15, 0.2) is 0 Å². The van der Waals surface area contributed by atoms with Gasteiger partial charge in [-0.3, -0.25) is 9.59 Å². The van der Waals surface area contributed by atoms with Crippen LogP contribution in [0.25, 0.3) is 0 Å². The topological polar surface area (TPSA) is 62.3 Å². The van der Waals surface area contributed by atoms with Gasteiger partial charge >= 0.3 is 0 Å². The largest absolute Gasteiger partial charge is 0.342 e. The fourth-order valence-electron chi connectivity index (χ4n) is 2.25. The maximum Gasteiger partial charge on any atom is 0.248 e. The lowest BCUT2D eigenvalue weighted by Gasteiger charge is -2.33. The molecule has 2 rings (SSSR count). The zero-order valence-corrected chi connectivity index (χ0v) is 12.3. The second-order valence-corrected chi connectivity index (χ2v) is 6.12. The van der Waals surface area contributed by atoms with Gasteiger partial charge in [-0.1, -0.05) is 6.92 Å². The lowest BCUT2D eigenvalue weighted by atomic mass is 9.97. The number of aromatic nitrogens is 1. The summed E-state index contributed by atoms with van der Waals surface area (Å²) in [5.74, 6) is -0.0876. The molecule has 1 saturated heterocycles. The van der Waals surface area contributed by atoms with E-state index in [9.17, 15) is 9.59 Å². The fourth-order valence-corrected chi connectivity index (χ4v) is 2.87. The number of nitrogens with zero attached hydrogens (tertiary/aromatic N) is 2. The van der Waals surface area contributed by atoms with Crippen molar-refractivity contribution < 1.29 is 9.59 Å². The van der Waals surface area contributed by atoms with Crippen molar-refractivity contribution in [2.75, 3.05) is 0 Å². The number of carbonyl (C=O) groups excluding carboxylic acids is 2. The number of thiazole rings is 1. The van der Waals surface area contributed by atoms with Crippen molar-refractivity contribution in [3.63, 3.8) is 0 Å². The Balaban J connectivity index is 2.28. The molecule has 2 amide bonds. The molecule has 0 spiro atoms. The highest BCUT2D eigenvalue weighted by atomic mass is 32.1. The number of rotatable bonds is 3. The van der Waals surface area contributed by atoms with Crippen molar-refractivity contribution in [3.8, 4) is 0 Å². The first kappa shape index (κ1) is 14.0. The Morgan fingerprint density at radius 1 is 1.58 bits per heavy atom. The van der Waals surface area contributed by atoms with E-state index < -0.39 is 5.54 Å². The molecule has 2 unspecified atom stereocenters. The van der Waals surface area contributed by atoms with Crippen LogP contribution in [0, 0.1) is 0 Å². The summed E-state index contributed by atoms with van der Waals surface area (Å²) in [6.07, 6.45) is 2.65. The lowest BCUT2D eigenvalue weighted by Crippen LogP contribution is -2.55. The summed E-state index contributed by atoms with van der Waals surface area (Å²) in [5, 5.41) is 5.64. The number of carbonyl (C=O) groups is 2. The molecule has 0 radical (unpaired) electrons. The molecule has 1 fully saturated rings. The highest BCUT2D eigenvalue weighted by Gasteiger charge is 2.41. The third-order valence-corrected chi connectivity index (χ3v) is 4.42. The van der Waals surface area contributed by atoms with Crippen molar-refractivity contribution in [1.82, 2.24) is 15.2 Å². The van der Waals surface area contributed by atoms with Crippen LogP contribution in [0.1, 0.15) is 38.6 Å². The first-order chi connectivity index (χ1) is 8.96. The number of amides is 2. The van der Waals surface area contributed by atoms with E-state index in [1.807, 2.05) is 19.2 Å². The van der Waals surface area contributed by atoms with E-state index in [2.05, 4.69) is 10.3 Å². The second kappa shape index (κ2) is 5.28. The van der Waals surface area contributed by atoms with Crippen LogP contribution in [0.15, 0.2) is 11.6 Å². The Morgan fingerprint density at radius 2 is 2.32 bits per heavy atom. The molecule has 0 bridgehead atoms. The van der Waals surface area contributed by atoms with Gasteiger partial charge in [0.05, 0.1) is 6.54 Å². The minimum absolute atomic E-state index is 0.0245. The van der Waals surface area contributed by atoms with Gasteiger partial charge in [0, 0.05) is 24.0 Å². The van der Waals surface area contributed by atoms with E-state index in [0.29, 0.717) is 19.4 Å². The van der Waals surface area contributed by atoms with Crippen LogP contribution in [0.2, 0.25) is 0 Å². The maximum atomic E-state index is 12.7. The summed E-state index contributed by atoms with van der Waals surface area (Å²) in [7, 11) is 0. The smallest absolute Gasteiger partial charge is 0.248 e. The standard InChI is InChI=1S/C13H19N3O2S/c1-4-13(3)12(18)16(8-11-14-5-6-19-11)9(2)7-10(17)15-13/h5-6,9H,4,7-8H2,1-3H3,(H,15,17). The Morgan fingerprint density at radius 3 is 2.89 bits per heavy atom. The summed E-state index contributed by atoms with van der Waals surface area (Å²) in [5.41, 5.74) is -0.806. The third kappa shape index (κ3) is 2.78. The molecule has 6 heteroatoms. The Kier molecular flexibility index (Phi) is 3.89. The quantitative estimate of drug-likeness (QED) is 0.914. The average molecular weight is 281 g/mol. The predicted octanol–water partition coefficient (Wildman–Crippen LogP) is 1.55. The van der Waals surface area contributed by atoms with Crippen molar-refractivity contribution in [2.45, 2.75) is 51.7 Å². The molecular formula is C13H19N3O2S. The van der Waals surface area contributed by atoms with Gasteiger partial charge in [-0.2, -0.15) is 0 Å². The summed E-state index contributed by atoms with van der Waals surface area (Å²) < 4.78 is 0. The van der Waals surface area contributed by atoms with E-state index in [4.69, 9.17) is 0 Å². The van der Waals surface area contributed by atoms with Crippen molar-refractivity contribution >= 4 is 23.2 Å². The van der Waals surface area contributed by atoms with Crippen LogP contribution in [0.5, 0.6) is 0 Å². The van der Waals surface area contributed by atoms with Crippen LogP contribution in [-0.4, -0.2) is 33.3 Å². The minimum atomic E-state index is -0.806. The summed E-state index contributed by atoms with van der Waals surface area (Å²) in [6.45, 7) is 6.09. The molecule has 0 aromatic carbocycles. The Hall–Kier alpha value is -1.43. The molecule has 2 heterocycles. The minimum Gasteiger partial charge on any atom is -0.342 e. The maximum absolute atomic E-state index is 12.7. The number of hydrogen-bond acceptors (Lipinski definition) is 4. The van der Waals surface area contributed by atoms with Gasteiger partial charge in [0.25, 0.3) is 0 Å². The molecule has 0 saturated carbocycles. The van der Waals surface area contributed by atoms with E-state index in [-0.39, 0.29) is 17.9 Å². The molecule has 1 aromatic rings. The summed E-state index contributed by atoms with van der Waals surface area (Å²) in [6, 6.07) is -0.107. The van der Waals surface area contributed by atoms with Gasteiger partial charge in [-0.25, -0.2) is 4.98 Å². The SMILES string of the molecule is CCC1(C)NC(=O)CC(C)N(Cc2nccs2)C1=O. The fraction of sp³-hybridized carbons (Fsp3) is 0.615. The lowest BCUT2D eigenvalue weighted by molar-refractivity contribution is -0.140. The molecule has 1 N–H and O–H groups in total. The average Bonchev–Trinajstić information content (AvgIpc) is 2.84. The van der Waals surface area contributed by atoms with Crippen LogP contribution in [0.4, 0.5) is 0 Å². The van der Waals surface area contributed by atoms with Gasteiger partial charge in [-0.05, 0) is 20.3 Å². The molecular weight excluding hydrogens is 262 g/mol. The molecule has 104 valence electrons. The first-order valence-electron chi connectivity index (χ1n) is 6.46. The molecule has 1 aliphatic heterocycles. The molecule has 1 aliphatic rings. The van der Waals surface area contributed by atoms with Gasteiger partial charge in [0.1, 0.15) is 10.5 Å². The van der Waals surface area contributed by atoms with E-state index in [1.165, 1.54) is 11.3 Å². The monoisotopic (exact) mass is 281 g/mol. The van der Waals surface area contributed by atoms with Crippen LogP contribution < -0.4 is 5.32 Å². The summed E-state index contributed by atoms with van der Waals surface area (Å²) >= 11 is 1.53. The van der Waals surface area contributed by atoms with Crippen molar-refractivity contribution in [2.24, 2.45) is 0 Å². The van der Waals surface area contributed by atoms with Crippen molar-refractivity contribution in [1.29, 1.82) is 0 Å². The van der Waals surface area contributed by atoms with Gasteiger partial charge < -0.3 is 10.2 Å². The van der Waals surface area contributed by atoms with E-state index in [0.717, 1.165) is 5.01 Å². The zero-order chi connectivity index (χ0) is 14.0. The molecule has 1 aromatic heterocycles. The van der Waals surface area contributed by atoms with Crippen LogP contribution >= 0.6 is 11.3 Å². The zero-order valence-electron chi connectivity index (χ0n) is 11.5. The Bertz CT molecular complexity index is 474. The van der Waals surface area contributed by atoms with Crippen LogP contribution in [-0.2, 0) is 16.1 Å². The van der Waals surface area contributed by atoms with Crippen LogP contribution in [0.3, 0.4) is 0 Å². The molecule has 19 heavy (non-hydrogen) atoms. The number of nitrogens with one attached hydrogen (secondary N) is 1. The molecule has 2 atom stereocenters. The highest BCUT2D eigenvalue weighted by Crippen LogP contribution is 2.23. The normalized spacial score (nSPS) is 28.2. The molecule has 0 aliphatic carbocycles. The predicted molar refractivity (Wildman–Crippen MR) is 73.6 cm³/mol. The van der Waals surface area contributed by atoms with E-state index >= 15 is 0 Å². The number of hydrogen-bond donors (Lipinski definition) is 1. The second-order valence-electron chi connectivity index (χ2n) is 5.15.